The molecule has 0 unspecified atom stereocenters. The molecule has 4 fully saturated rings. The van der Waals surface area contributed by atoms with E-state index in [-0.39, 0.29) is 42.2 Å². The molecular weight excluding hydrogens is 472 g/mol. The van der Waals surface area contributed by atoms with E-state index in [4.69, 9.17) is 0 Å². The van der Waals surface area contributed by atoms with Crippen LogP contribution in [-0.2, 0) is 14.4 Å². The molecule has 5 N–H and O–H groups in total. The topological polar surface area (TPSA) is 136 Å². The van der Waals surface area contributed by atoms with Crippen LogP contribution in [0, 0.1) is 47.3 Å². The average Bonchev–Trinajstić information content (AvgIpc) is 3.48. The predicted molar refractivity (Wildman–Crippen MR) is 137 cm³/mol. The molecule has 2 bridgehead atoms. The fraction of sp³-hybridized carbons (Fsp3) is 0.690. The zero-order valence-electron chi connectivity index (χ0n) is 21.7. The lowest BCUT2D eigenvalue weighted by molar-refractivity contribution is -0.118. The van der Waals surface area contributed by atoms with Crippen molar-refractivity contribution in [1.82, 2.24) is 10.6 Å². The Morgan fingerprint density at radius 1 is 1.00 bits per heavy atom. The summed E-state index contributed by atoms with van der Waals surface area (Å²) in [6, 6.07) is -1.16. The minimum atomic E-state index is -1.19. The Hall–Kier alpha value is -2.45. The molecule has 2 aliphatic heterocycles. The van der Waals surface area contributed by atoms with Crippen molar-refractivity contribution in [2.45, 2.75) is 70.6 Å². The van der Waals surface area contributed by atoms with Crippen LogP contribution in [0.2, 0.25) is 0 Å². The molecule has 0 aromatic carbocycles. The Balaban J connectivity index is 1.47. The molecule has 11 atom stereocenters. The third-order valence-electron chi connectivity index (χ3n) is 10.2. The monoisotopic (exact) mass is 512 g/mol. The summed E-state index contributed by atoms with van der Waals surface area (Å²) < 4.78 is 0. The number of allylic oxidation sites excluding steroid dienone is 3. The van der Waals surface area contributed by atoms with Gasteiger partial charge in [-0.2, -0.15) is 0 Å². The van der Waals surface area contributed by atoms with Gasteiger partial charge in [0.05, 0.1) is 12.2 Å². The zero-order valence-corrected chi connectivity index (χ0v) is 21.7. The van der Waals surface area contributed by atoms with Crippen molar-refractivity contribution >= 4 is 17.6 Å². The first-order valence-corrected chi connectivity index (χ1v) is 14.0. The van der Waals surface area contributed by atoms with Gasteiger partial charge >= 0.3 is 0 Å². The van der Waals surface area contributed by atoms with Crippen molar-refractivity contribution < 1.29 is 29.7 Å². The Morgan fingerprint density at radius 3 is 2.54 bits per heavy atom. The predicted octanol–water partition coefficient (Wildman–Crippen LogP) is 2.18. The Labute approximate surface area is 218 Å². The summed E-state index contributed by atoms with van der Waals surface area (Å²) in [5.41, 5.74) is -0.350. The van der Waals surface area contributed by atoms with E-state index in [2.05, 4.69) is 24.5 Å². The highest BCUT2D eigenvalue weighted by Gasteiger charge is 2.58. The number of rotatable bonds is 1. The first-order chi connectivity index (χ1) is 17.7. The van der Waals surface area contributed by atoms with Crippen LogP contribution < -0.4 is 10.6 Å². The van der Waals surface area contributed by atoms with Gasteiger partial charge in [0, 0.05) is 6.54 Å². The molecule has 3 aliphatic carbocycles. The highest BCUT2D eigenvalue weighted by Crippen LogP contribution is 2.62. The number of aliphatic hydroxyl groups is 3. The lowest BCUT2D eigenvalue weighted by Gasteiger charge is -2.44. The summed E-state index contributed by atoms with van der Waals surface area (Å²) in [5, 5.41) is 37.7. The van der Waals surface area contributed by atoms with Crippen LogP contribution in [0.15, 0.2) is 35.6 Å². The summed E-state index contributed by atoms with van der Waals surface area (Å²) in [6.45, 7) is 4.76. The van der Waals surface area contributed by atoms with E-state index in [0.717, 1.165) is 6.42 Å². The minimum absolute atomic E-state index is 0.0725. The number of amides is 2. The number of hydrogen-bond acceptors (Lipinski definition) is 6. The Kier molecular flexibility index (Phi) is 7.33. The second kappa shape index (κ2) is 10.4. The van der Waals surface area contributed by atoms with Crippen LogP contribution in [-0.4, -0.2) is 57.7 Å². The molecule has 5 rings (SSSR count). The standard InChI is InChI=1S/C29H40N2O6/c1-3-15-11-17-12-19-18-5-4-6-23(35)30-10-9-21(33)27-28(36)26(29(37)31-27)20(32)8-7-16(18)13-22(34)25(19)24(17)14(15)2/h4,6-8,14-19,21-22,24-25,27,32-34H,3,5,9-13H2,1-2H3,(H,30,35)(H,31,37)/b6-4-,8-7+,26-20?/t14-,15+,16+,17+,18-,19+,21+,22-,24+,25-,27+/m1/s1. The normalized spacial score (nSPS) is 46.1. The van der Waals surface area contributed by atoms with Gasteiger partial charge < -0.3 is 26.0 Å². The van der Waals surface area contributed by atoms with Crippen molar-refractivity contribution in [3.63, 3.8) is 0 Å². The lowest BCUT2D eigenvalue weighted by Crippen LogP contribution is -2.43. The molecule has 0 spiro atoms. The van der Waals surface area contributed by atoms with Crippen LogP contribution in [0.25, 0.3) is 0 Å². The molecule has 0 aromatic rings. The van der Waals surface area contributed by atoms with Crippen molar-refractivity contribution in [2.75, 3.05) is 6.54 Å². The molecule has 3 saturated carbocycles. The zero-order chi connectivity index (χ0) is 26.4. The maximum absolute atomic E-state index is 12.8. The van der Waals surface area contributed by atoms with Crippen molar-refractivity contribution in [2.24, 2.45) is 47.3 Å². The van der Waals surface area contributed by atoms with Gasteiger partial charge in [0.25, 0.3) is 5.91 Å². The molecule has 0 radical (unpaired) electrons. The molecule has 37 heavy (non-hydrogen) atoms. The first-order valence-electron chi connectivity index (χ1n) is 14.0. The van der Waals surface area contributed by atoms with Crippen LogP contribution in [0.4, 0.5) is 0 Å². The molecule has 5 aliphatic rings. The summed E-state index contributed by atoms with van der Waals surface area (Å²) in [5.74, 6) is 1.03. The van der Waals surface area contributed by atoms with E-state index in [1.165, 1.54) is 25.0 Å². The number of Topliss-reactive ketones (excluding diaryl/α,β-unsaturated/α-hetero) is 1. The van der Waals surface area contributed by atoms with Crippen LogP contribution >= 0.6 is 0 Å². The lowest BCUT2D eigenvalue weighted by atomic mass is 9.62. The third-order valence-corrected chi connectivity index (χ3v) is 10.2. The van der Waals surface area contributed by atoms with Crippen molar-refractivity contribution in [3.05, 3.63) is 35.6 Å². The molecular formula is C29H40N2O6. The smallest absolute Gasteiger partial charge is 0.259 e. The molecule has 202 valence electrons. The van der Waals surface area contributed by atoms with Gasteiger partial charge in [-0.3, -0.25) is 14.4 Å². The molecule has 2 amide bonds. The molecule has 8 heteroatoms. The first kappa shape index (κ1) is 26.2. The van der Waals surface area contributed by atoms with E-state index in [1.54, 1.807) is 0 Å². The van der Waals surface area contributed by atoms with Gasteiger partial charge in [0.1, 0.15) is 17.4 Å². The number of carbonyl (C=O) groups excluding carboxylic acids is 3. The maximum Gasteiger partial charge on any atom is 0.259 e. The maximum atomic E-state index is 12.8. The average molecular weight is 513 g/mol. The van der Waals surface area contributed by atoms with E-state index in [1.807, 2.05) is 12.2 Å². The highest BCUT2D eigenvalue weighted by molar-refractivity contribution is 6.27. The van der Waals surface area contributed by atoms with Crippen molar-refractivity contribution in [3.8, 4) is 0 Å². The van der Waals surface area contributed by atoms with Gasteiger partial charge in [-0.15, -0.1) is 0 Å². The van der Waals surface area contributed by atoms with Crippen LogP contribution in [0.3, 0.4) is 0 Å². The van der Waals surface area contributed by atoms with Gasteiger partial charge in [-0.05, 0) is 91.6 Å². The van der Waals surface area contributed by atoms with Gasteiger partial charge in [0.2, 0.25) is 5.91 Å². The van der Waals surface area contributed by atoms with Crippen LogP contribution in [0.1, 0.15) is 52.4 Å². The molecule has 0 aromatic heterocycles. The minimum Gasteiger partial charge on any atom is -0.507 e. The molecule has 2 heterocycles. The number of fused-ring (bicyclic) bond motifs is 7. The Bertz CT molecular complexity index is 1030. The van der Waals surface area contributed by atoms with Gasteiger partial charge in [-0.25, -0.2) is 0 Å². The fourth-order valence-corrected chi connectivity index (χ4v) is 8.51. The van der Waals surface area contributed by atoms with E-state index in [0.29, 0.717) is 42.4 Å². The largest absolute Gasteiger partial charge is 0.507 e. The summed E-state index contributed by atoms with van der Waals surface area (Å²) in [7, 11) is 0. The quantitative estimate of drug-likeness (QED) is 0.342. The SMILES string of the molecule is CC[C@H]1C[C@H]2C[C@H]3[C@@H]4C/C=C\C(=O)NCC[C@H](O)[C@@H]5NC(=O)C(=C(O)/C=C/[C@H]4C[C@@H](O)[C@@H]3[C@H]2[C@@H]1C)C5=O. The fourth-order valence-electron chi connectivity index (χ4n) is 8.51. The third kappa shape index (κ3) is 4.67. The second-order valence-electron chi connectivity index (χ2n) is 11.9. The van der Waals surface area contributed by atoms with Crippen molar-refractivity contribution in [1.29, 1.82) is 0 Å². The number of nitrogens with one attached hydrogen (secondary N) is 2. The summed E-state index contributed by atoms with van der Waals surface area (Å²) >= 11 is 0. The van der Waals surface area contributed by atoms with Crippen LogP contribution in [0.5, 0.6) is 0 Å². The molecule has 1 saturated heterocycles. The van der Waals surface area contributed by atoms with E-state index >= 15 is 0 Å². The van der Waals surface area contributed by atoms with E-state index in [9.17, 15) is 29.7 Å². The summed E-state index contributed by atoms with van der Waals surface area (Å²) in [4.78, 5) is 37.7. The molecule has 8 nitrogen and oxygen atoms in total. The number of carbonyl (C=O) groups is 3. The van der Waals surface area contributed by atoms with E-state index < -0.39 is 35.7 Å². The Morgan fingerprint density at radius 2 is 1.78 bits per heavy atom. The summed E-state index contributed by atoms with van der Waals surface area (Å²) in [6.07, 6.45) is 9.79. The number of hydrogen-bond donors (Lipinski definition) is 5. The highest BCUT2D eigenvalue weighted by atomic mass is 16.3. The van der Waals surface area contributed by atoms with Gasteiger partial charge in [0.15, 0.2) is 5.78 Å². The number of ketones is 1. The number of aliphatic hydroxyl groups excluding tert-OH is 3. The van der Waals surface area contributed by atoms with Gasteiger partial charge in [-0.1, -0.05) is 32.4 Å². The second-order valence-corrected chi connectivity index (χ2v) is 11.9.